The Hall–Kier alpha value is -2.26. The van der Waals surface area contributed by atoms with Gasteiger partial charge < -0.3 is 5.32 Å². The lowest BCUT2D eigenvalue weighted by molar-refractivity contribution is -0.119. The highest BCUT2D eigenvalue weighted by Crippen LogP contribution is 2.23. The van der Waals surface area contributed by atoms with Crippen molar-refractivity contribution < 1.29 is 4.79 Å². The minimum absolute atomic E-state index is 0.000392. The summed E-state index contributed by atoms with van der Waals surface area (Å²) in [4.78, 5) is 13.4. The fourth-order valence-electron chi connectivity index (χ4n) is 2.71. The molecule has 0 saturated carbocycles. The second-order valence-corrected chi connectivity index (χ2v) is 6.97. The van der Waals surface area contributed by atoms with Gasteiger partial charge in [-0.2, -0.15) is 0 Å². The Bertz CT molecular complexity index is 859. The number of thioether (sulfide) groups is 1. The Balaban J connectivity index is 1.61. The number of nitrogens with one attached hydrogen (secondary N) is 1. The molecule has 0 spiro atoms. The van der Waals surface area contributed by atoms with Gasteiger partial charge in [-0.05, 0) is 47.9 Å². The molecule has 0 unspecified atom stereocenters. The van der Waals surface area contributed by atoms with Crippen LogP contribution in [0.4, 0.5) is 0 Å². The van der Waals surface area contributed by atoms with Crippen LogP contribution in [0, 0.1) is 6.92 Å². The molecule has 0 aliphatic carbocycles. The van der Waals surface area contributed by atoms with E-state index in [1.807, 2.05) is 31.2 Å². The third-order valence-corrected chi connectivity index (χ3v) is 5.28. The summed E-state index contributed by atoms with van der Waals surface area (Å²) in [5.74, 6) is 0.492. The van der Waals surface area contributed by atoms with Crippen molar-refractivity contribution in [3.05, 3.63) is 77.9 Å². The van der Waals surface area contributed by atoms with E-state index < -0.39 is 0 Å². The number of hydrogen-bond donors (Lipinski definition) is 1. The van der Waals surface area contributed by atoms with Gasteiger partial charge in [-0.15, -0.1) is 11.8 Å². The largest absolute Gasteiger partial charge is 0.349 e. The molecule has 0 aliphatic rings. The molecule has 2 nitrogen and oxygen atoms in total. The number of aryl methyl sites for hydroxylation is 1. The smallest absolute Gasteiger partial charge is 0.230 e. The molecule has 1 amide bonds. The minimum Gasteiger partial charge on any atom is -0.349 e. The molecular weight excluding hydrogens is 314 g/mol. The van der Waals surface area contributed by atoms with E-state index >= 15 is 0 Å². The van der Waals surface area contributed by atoms with Crippen molar-refractivity contribution in [3.8, 4) is 0 Å². The van der Waals surface area contributed by atoms with Crippen LogP contribution in [-0.4, -0.2) is 11.7 Å². The molecule has 1 N–H and O–H groups in total. The number of benzene rings is 3. The summed E-state index contributed by atoms with van der Waals surface area (Å²) >= 11 is 1.58. The van der Waals surface area contributed by atoms with Gasteiger partial charge in [-0.3, -0.25) is 4.79 Å². The Labute approximate surface area is 147 Å². The van der Waals surface area contributed by atoms with Gasteiger partial charge in [-0.25, -0.2) is 0 Å². The average molecular weight is 335 g/mol. The maximum absolute atomic E-state index is 12.2. The molecule has 0 radical (unpaired) electrons. The predicted molar refractivity (Wildman–Crippen MR) is 102 cm³/mol. The summed E-state index contributed by atoms with van der Waals surface area (Å²) < 4.78 is 0. The molecule has 0 aromatic heterocycles. The number of hydrogen-bond acceptors (Lipinski definition) is 2. The van der Waals surface area contributed by atoms with E-state index in [1.54, 1.807) is 11.8 Å². The van der Waals surface area contributed by atoms with Gasteiger partial charge in [0.05, 0.1) is 11.8 Å². The summed E-state index contributed by atoms with van der Waals surface area (Å²) in [7, 11) is 0. The second-order valence-electron chi connectivity index (χ2n) is 5.95. The summed E-state index contributed by atoms with van der Waals surface area (Å²) in [6.45, 7) is 4.10. The molecule has 24 heavy (non-hydrogen) atoms. The number of carbonyl (C=O) groups is 1. The summed E-state index contributed by atoms with van der Waals surface area (Å²) in [6.07, 6.45) is 0. The fourth-order valence-corrected chi connectivity index (χ4v) is 3.55. The van der Waals surface area contributed by atoms with Gasteiger partial charge in [0.25, 0.3) is 0 Å². The van der Waals surface area contributed by atoms with Crippen molar-refractivity contribution in [1.29, 1.82) is 0 Å². The summed E-state index contributed by atoms with van der Waals surface area (Å²) in [6, 6.07) is 22.8. The van der Waals surface area contributed by atoms with Crippen molar-refractivity contribution in [3.63, 3.8) is 0 Å². The fraction of sp³-hybridized carbons (Fsp3) is 0.190. The van der Waals surface area contributed by atoms with Crippen LogP contribution >= 0.6 is 11.8 Å². The predicted octanol–water partition coefficient (Wildman–Crippen LogP) is 5.12. The van der Waals surface area contributed by atoms with Gasteiger partial charge >= 0.3 is 0 Å². The van der Waals surface area contributed by atoms with Gasteiger partial charge in [-0.1, -0.05) is 54.6 Å². The SMILES string of the molecule is Cc1ccccc1SCC(=O)N[C@H](C)c1ccc2ccccc2c1. The van der Waals surface area contributed by atoms with Gasteiger partial charge in [0.15, 0.2) is 0 Å². The van der Waals surface area contributed by atoms with Gasteiger partial charge in [0.1, 0.15) is 0 Å². The number of carbonyl (C=O) groups excluding carboxylic acids is 1. The Morgan fingerprint density at radius 1 is 1.00 bits per heavy atom. The average Bonchev–Trinajstić information content (AvgIpc) is 2.60. The third kappa shape index (κ3) is 3.98. The Morgan fingerprint density at radius 2 is 1.71 bits per heavy atom. The minimum atomic E-state index is -0.000392. The number of amides is 1. The summed E-state index contributed by atoms with van der Waals surface area (Å²) in [5, 5.41) is 5.51. The van der Waals surface area contributed by atoms with E-state index in [9.17, 15) is 4.79 Å². The Morgan fingerprint density at radius 3 is 2.50 bits per heavy atom. The molecule has 0 saturated heterocycles. The molecule has 3 heteroatoms. The van der Waals surface area contributed by atoms with E-state index in [4.69, 9.17) is 0 Å². The lowest BCUT2D eigenvalue weighted by atomic mass is 10.0. The number of fused-ring (bicyclic) bond motifs is 1. The van der Waals surface area contributed by atoms with Gasteiger partial charge in [0, 0.05) is 4.90 Å². The van der Waals surface area contributed by atoms with Crippen LogP contribution in [0.3, 0.4) is 0 Å². The third-order valence-electron chi connectivity index (χ3n) is 4.10. The van der Waals surface area contributed by atoms with E-state index in [0.717, 1.165) is 10.5 Å². The topological polar surface area (TPSA) is 29.1 Å². The molecule has 0 bridgehead atoms. The maximum Gasteiger partial charge on any atom is 0.230 e. The van der Waals surface area contributed by atoms with Crippen LogP contribution in [0.5, 0.6) is 0 Å². The van der Waals surface area contributed by atoms with E-state index in [1.165, 1.54) is 16.3 Å². The first-order chi connectivity index (χ1) is 11.6. The molecule has 3 aromatic rings. The standard InChI is InChI=1S/C21H21NOS/c1-15-7-3-6-10-20(15)24-14-21(23)22-16(2)18-12-11-17-8-4-5-9-19(17)13-18/h3-13,16H,14H2,1-2H3,(H,22,23)/t16-/m1/s1. The molecule has 3 aromatic carbocycles. The lowest BCUT2D eigenvalue weighted by Crippen LogP contribution is -2.28. The van der Waals surface area contributed by atoms with Crippen molar-refractivity contribution in [2.75, 3.05) is 5.75 Å². The molecule has 3 rings (SSSR count). The highest BCUT2D eigenvalue weighted by atomic mass is 32.2. The highest BCUT2D eigenvalue weighted by Gasteiger charge is 2.11. The van der Waals surface area contributed by atoms with Gasteiger partial charge in [0.2, 0.25) is 5.91 Å². The van der Waals surface area contributed by atoms with Crippen LogP contribution in [0.25, 0.3) is 10.8 Å². The zero-order valence-electron chi connectivity index (χ0n) is 14.0. The van der Waals surface area contributed by atoms with Crippen molar-refractivity contribution in [2.45, 2.75) is 24.8 Å². The Kier molecular flexibility index (Phi) is 5.21. The first-order valence-corrected chi connectivity index (χ1v) is 9.08. The highest BCUT2D eigenvalue weighted by molar-refractivity contribution is 8.00. The second kappa shape index (κ2) is 7.54. The maximum atomic E-state index is 12.2. The first kappa shape index (κ1) is 16.6. The monoisotopic (exact) mass is 335 g/mol. The molecule has 0 aliphatic heterocycles. The van der Waals surface area contributed by atoms with Crippen molar-refractivity contribution in [2.24, 2.45) is 0 Å². The zero-order valence-corrected chi connectivity index (χ0v) is 14.8. The molecule has 1 atom stereocenters. The summed E-state index contributed by atoms with van der Waals surface area (Å²) in [5.41, 5.74) is 2.33. The molecule has 122 valence electrons. The zero-order chi connectivity index (χ0) is 16.9. The van der Waals surface area contributed by atoms with Crippen LogP contribution in [0.15, 0.2) is 71.6 Å². The number of rotatable bonds is 5. The van der Waals surface area contributed by atoms with Crippen molar-refractivity contribution in [1.82, 2.24) is 5.32 Å². The van der Waals surface area contributed by atoms with E-state index in [0.29, 0.717) is 5.75 Å². The van der Waals surface area contributed by atoms with Crippen LogP contribution in [-0.2, 0) is 4.79 Å². The van der Waals surface area contributed by atoms with Crippen molar-refractivity contribution >= 4 is 28.4 Å². The van der Waals surface area contributed by atoms with Crippen LogP contribution < -0.4 is 5.32 Å². The lowest BCUT2D eigenvalue weighted by Gasteiger charge is -2.15. The quantitative estimate of drug-likeness (QED) is 0.656. The van der Waals surface area contributed by atoms with Crippen LogP contribution in [0.1, 0.15) is 24.1 Å². The molecular formula is C21H21NOS. The van der Waals surface area contributed by atoms with Crippen LogP contribution in [0.2, 0.25) is 0 Å². The van der Waals surface area contributed by atoms with E-state index in [-0.39, 0.29) is 11.9 Å². The first-order valence-electron chi connectivity index (χ1n) is 8.10. The van der Waals surface area contributed by atoms with E-state index in [2.05, 4.69) is 54.7 Å². The molecule has 0 heterocycles. The normalized spacial score (nSPS) is 12.1. The molecule has 0 fully saturated rings.